The molecule has 0 N–H and O–H groups in total. The molecule has 1 aliphatic rings. The maximum absolute atomic E-state index is 6.70. The summed E-state index contributed by atoms with van der Waals surface area (Å²) < 4.78 is 4.71. The molecule has 0 bridgehead atoms. The van der Waals surface area contributed by atoms with Gasteiger partial charge in [-0.3, -0.25) is 0 Å². The molecule has 1 fully saturated rings. The van der Waals surface area contributed by atoms with E-state index in [1.54, 1.807) is 0 Å². The van der Waals surface area contributed by atoms with Crippen molar-refractivity contribution in [1.29, 1.82) is 0 Å². The summed E-state index contributed by atoms with van der Waals surface area (Å²) in [6.45, 7) is 2.03. The van der Waals surface area contributed by atoms with Crippen molar-refractivity contribution in [2.45, 2.75) is 0 Å². The average Bonchev–Trinajstić information content (AvgIpc) is 2.83. The fourth-order valence-electron chi connectivity index (χ4n) is 2.34. The molecule has 0 atom stereocenters. The van der Waals surface area contributed by atoms with Gasteiger partial charge in [0.15, 0.2) is 0 Å². The Morgan fingerprint density at radius 2 is 1.11 bits per heavy atom. The number of nitrogens with zero attached hydrogens (tertiary/aromatic N) is 2. The van der Waals surface area contributed by atoms with Gasteiger partial charge in [0.05, 0.1) is 0 Å². The molecule has 0 aliphatic carbocycles. The van der Waals surface area contributed by atoms with Crippen LogP contribution >= 0.6 is 11.1 Å². The van der Waals surface area contributed by atoms with Gasteiger partial charge in [-0.2, -0.15) is 0 Å². The van der Waals surface area contributed by atoms with Crippen LogP contribution in [-0.2, 0) is 0 Å². The van der Waals surface area contributed by atoms with Crippen LogP contribution in [0.3, 0.4) is 0 Å². The van der Waals surface area contributed by atoms with Crippen molar-refractivity contribution in [2.75, 3.05) is 22.2 Å². The fraction of sp³-hybridized carbons (Fsp3) is 0.143. The maximum Gasteiger partial charge on any atom is 0.349 e. The molecule has 0 spiro atoms. The van der Waals surface area contributed by atoms with Crippen molar-refractivity contribution in [3.05, 3.63) is 60.7 Å². The summed E-state index contributed by atoms with van der Waals surface area (Å²) in [7, 11) is -1.59. The first-order valence-electron chi connectivity index (χ1n) is 6.14. The second-order valence-electron chi connectivity index (χ2n) is 4.37. The summed E-state index contributed by atoms with van der Waals surface area (Å²) in [5.41, 5.74) is 2.48. The van der Waals surface area contributed by atoms with Crippen LogP contribution < -0.4 is 9.13 Å². The van der Waals surface area contributed by atoms with Gasteiger partial charge < -0.3 is 9.13 Å². The van der Waals surface area contributed by atoms with Gasteiger partial charge in [-0.15, -0.1) is 11.1 Å². The van der Waals surface area contributed by atoms with Crippen molar-refractivity contribution in [2.24, 2.45) is 0 Å². The van der Waals surface area contributed by atoms with E-state index in [9.17, 15) is 0 Å². The Bertz CT molecular complexity index is 458. The number of rotatable bonds is 2. The van der Waals surface area contributed by atoms with Crippen LogP contribution in [0.2, 0.25) is 0 Å². The van der Waals surface area contributed by atoms with Gasteiger partial charge in [-0.05, 0) is 24.3 Å². The van der Waals surface area contributed by atoms with E-state index in [1.165, 1.54) is 11.4 Å². The first-order chi connectivity index (χ1) is 8.86. The molecule has 2 aromatic carbocycles. The molecule has 2 aromatic rings. The average molecular weight is 275 g/mol. The molecule has 1 heterocycles. The predicted molar refractivity (Wildman–Crippen MR) is 80.6 cm³/mol. The molecule has 0 saturated carbocycles. The van der Waals surface area contributed by atoms with Crippen LogP contribution in [0.25, 0.3) is 0 Å². The van der Waals surface area contributed by atoms with Gasteiger partial charge in [0.1, 0.15) is 0 Å². The number of hydrogen-bond acceptors (Lipinski definition) is 2. The van der Waals surface area contributed by atoms with Gasteiger partial charge >= 0.3 is 8.43 Å². The second-order valence-corrected chi connectivity index (χ2v) is 7.41. The minimum Gasteiger partial charge on any atom is -0.370 e. The lowest BCUT2D eigenvalue weighted by atomic mass is 10.3. The van der Waals surface area contributed by atoms with E-state index in [-0.39, 0.29) is 0 Å². The molecular weight excluding hydrogens is 260 g/mol. The largest absolute Gasteiger partial charge is 0.370 e. The van der Waals surface area contributed by atoms with Gasteiger partial charge in [-0.1, -0.05) is 36.4 Å². The predicted octanol–water partition coefficient (Wildman–Crippen LogP) is 2.97. The Morgan fingerprint density at radius 1 is 0.722 bits per heavy atom. The molecule has 1 aliphatic heterocycles. The highest BCUT2D eigenvalue weighted by molar-refractivity contribution is 7.11. The summed E-state index contributed by atoms with van der Waals surface area (Å²) in [5, 5.41) is 0. The summed E-state index contributed by atoms with van der Waals surface area (Å²) in [4.78, 5) is 0. The Balaban J connectivity index is 1.83. The molecule has 4 heteroatoms. The van der Waals surface area contributed by atoms with E-state index in [4.69, 9.17) is 11.1 Å². The lowest BCUT2D eigenvalue weighted by Crippen LogP contribution is -2.39. The third kappa shape index (κ3) is 2.11. The number of hydrogen-bond donors (Lipinski definition) is 0. The first-order valence-corrected chi connectivity index (χ1v) is 8.91. The SMILES string of the molecule is Cl[SiH]1N(c2ccccc2)CCN1c1ccccc1. The maximum atomic E-state index is 6.70. The molecule has 0 radical (unpaired) electrons. The molecule has 3 rings (SSSR count). The third-order valence-electron chi connectivity index (χ3n) is 3.27. The topological polar surface area (TPSA) is 6.48 Å². The third-order valence-corrected chi connectivity index (χ3v) is 6.83. The first kappa shape index (κ1) is 11.6. The zero-order valence-electron chi connectivity index (χ0n) is 10.0. The van der Waals surface area contributed by atoms with Crippen LogP contribution in [-0.4, -0.2) is 21.5 Å². The van der Waals surface area contributed by atoms with Crippen molar-refractivity contribution < 1.29 is 0 Å². The zero-order chi connectivity index (χ0) is 12.4. The Labute approximate surface area is 114 Å². The van der Waals surface area contributed by atoms with E-state index in [0.717, 1.165) is 13.1 Å². The zero-order valence-corrected chi connectivity index (χ0v) is 11.9. The van der Waals surface area contributed by atoms with E-state index in [1.807, 2.05) is 12.1 Å². The smallest absolute Gasteiger partial charge is 0.349 e. The molecule has 0 aromatic heterocycles. The molecule has 1 saturated heterocycles. The van der Waals surface area contributed by atoms with Gasteiger partial charge in [0, 0.05) is 24.5 Å². The van der Waals surface area contributed by atoms with Gasteiger partial charge in [0.2, 0.25) is 0 Å². The highest BCUT2D eigenvalue weighted by Crippen LogP contribution is 2.27. The van der Waals surface area contributed by atoms with Crippen molar-refractivity contribution in [3.63, 3.8) is 0 Å². The summed E-state index contributed by atoms with van der Waals surface area (Å²) in [6.07, 6.45) is 0. The van der Waals surface area contributed by atoms with Crippen molar-refractivity contribution in [1.82, 2.24) is 0 Å². The minimum absolute atomic E-state index is 1.01. The van der Waals surface area contributed by atoms with Crippen LogP contribution in [0.5, 0.6) is 0 Å². The molecule has 2 nitrogen and oxygen atoms in total. The van der Waals surface area contributed by atoms with E-state index in [2.05, 4.69) is 57.7 Å². The quantitative estimate of drug-likeness (QED) is 0.614. The second kappa shape index (κ2) is 5.04. The van der Waals surface area contributed by atoms with Gasteiger partial charge in [-0.25, -0.2) is 0 Å². The van der Waals surface area contributed by atoms with E-state index in [0.29, 0.717) is 0 Å². The van der Waals surface area contributed by atoms with Crippen LogP contribution in [0.4, 0.5) is 11.4 Å². The fourth-order valence-corrected chi connectivity index (χ4v) is 5.43. The Kier molecular flexibility index (Phi) is 3.26. The summed E-state index contributed by atoms with van der Waals surface area (Å²) in [6, 6.07) is 20.9. The molecule has 0 amide bonds. The van der Waals surface area contributed by atoms with Crippen molar-refractivity contribution >= 4 is 30.9 Å². The lowest BCUT2D eigenvalue weighted by molar-refractivity contribution is 1.02. The Hall–Kier alpha value is -1.45. The molecule has 0 unspecified atom stereocenters. The highest BCUT2D eigenvalue weighted by atomic mass is 35.6. The molecule has 18 heavy (non-hydrogen) atoms. The highest BCUT2D eigenvalue weighted by Gasteiger charge is 2.32. The Morgan fingerprint density at radius 3 is 1.50 bits per heavy atom. The molecular formula is C14H15ClN2Si. The molecule has 92 valence electrons. The number of halogens is 1. The lowest BCUT2D eigenvalue weighted by Gasteiger charge is -2.26. The normalized spacial score (nSPS) is 16.3. The van der Waals surface area contributed by atoms with Crippen molar-refractivity contribution in [3.8, 4) is 0 Å². The number of para-hydroxylation sites is 2. The number of anilines is 2. The monoisotopic (exact) mass is 274 g/mol. The van der Waals surface area contributed by atoms with E-state index >= 15 is 0 Å². The summed E-state index contributed by atoms with van der Waals surface area (Å²) in [5.74, 6) is 0. The standard InChI is InChI=1S/C14H15ClN2Si/c15-18-16(13-7-3-1-4-8-13)11-12-17(18)14-9-5-2-6-10-14/h1-10,18H,11-12H2. The summed E-state index contributed by atoms with van der Waals surface area (Å²) >= 11 is 6.70. The van der Waals surface area contributed by atoms with Crippen LogP contribution in [0.15, 0.2) is 60.7 Å². The number of benzene rings is 2. The van der Waals surface area contributed by atoms with E-state index < -0.39 is 8.43 Å². The van der Waals surface area contributed by atoms with Crippen LogP contribution in [0.1, 0.15) is 0 Å². The van der Waals surface area contributed by atoms with Gasteiger partial charge in [0.25, 0.3) is 0 Å². The minimum atomic E-state index is -1.59. The van der Waals surface area contributed by atoms with Crippen LogP contribution in [0, 0.1) is 0 Å².